The quantitative estimate of drug-likeness (QED) is 0.308. The zero-order valence-electron chi connectivity index (χ0n) is 18.9. The van der Waals surface area contributed by atoms with Crippen molar-refractivity contribution in [1.82, 2.24) is 9.55 Å². The third-order valence-corrected chi connectivity index (χ3v) is 6.34. The molecule has 2 heterocycles. The van der Waals surface area contributed by atoms with E-state index in [0.717, 1.165) is 4.57 Å². The summed E-state index contributed by atoms with van der Waals surface area (Å²) in [6.07, 6.45) is -1.71. The van der Waals surface area contributed by atoms with Crippen molar-refractivity contribution >= 4 is 28.7 Å². The Hall–Kier alpha value is -3.59. The minimum absolute atomic E-state index is 0.0102. The smallest absolute Gasteiger partial charge is 0.419 e. The molecule has 0 aliphatic heterocycles. The molecule has 0 bridgehead atoms. The number of esters is 1. The number of hydrogen-bond donors (Lipinski definition) is 0. The highest BCUT2D eigenvalue weighted by molar-refractivity contribution is 6.31. The molecule has 2 aromatic carbocycles. The summed E-state index contributed by atoms with van der Waals surface area (Å²) >= 11 is 6.47. The molecule has 10 heteroatoms. The van der Waals surface area contributed by atoms with E-state index in [2.05, 4.69) is 4.98 Å². The Morgan fingerprint density at radius 1 is 1.11 bits per heavy atom. The monoisotopic (exact) mass is 504 g/mol. The van der Waals surface area contributed by atoms with Gasteiger partial charge in [-0.25, -0.2) is 9.59 Å². The highest BCUT2D eigenvalue weighted by Gasteiger charge is 2.45. The van der Waals surface area contributed by atoms with Crippen LogP contribution in [0.2, 0.25) is 5.02 Å². The molecule has 4 aromatic rings. The molecule has 2 atom stereocenters. The Balaban J connectivity index is 1.73. The van der Waals surface area contributed by atoms with Gasteiger partial charge in [-0.1, -0.05) is 36.7 Å². The molecule has 182 valence electrons. The lowest BCUT2D eigenvalue weighted by atomic mass is 9.81. The number of halogens is 4. The van der Waals surface area contributed by atoms with Gasteiger partial charge in [0.25, 0.3) is 0 Å². The number of aromatic nitrogens is 2. The largest absolute Gasteiger partial charge is 0.465 e. The molecule has 0 spiro atoms. The Kier molecular flexibility index (Phi) is 6.46. The van der Waals surface area contributed by atoms with Crippen molar-refractivity contribution in [2.45, 2.75) is 24.9 Å². The summed E-state index contributed by atoms with van der Waals surface area (Å²) in [6, 6.07) is 10.3. The summed E-state index contributed by atoms with van der Waals surface area (Å²) in [5.41, 5.74) is 2.16. The van der Waals surface area contributed by atoms with Crippen LogP contribution in [0.1, 0.15) is 40.2 Å². The van der Waals surface area contributed by atoms with E-state index >= 15 is 0 Å². The maximum atomic E-state index is 14.3. The van der Waals surface area contributed by atoms with Gasteiger partial charge in [-0.15, -0.1) is 0 Å². The van der Waals surface area contributed by atoms with Crippen molar-refractivity contribution in [3.63, 3.8) is 0 Å². The first-order valence-corrected chi connectivity index (χ1v) is 10.9. The third-order valence-electron chi connectivity index (χ3n) is 6.01. The number of oxazole rings is 1. The zero-order valence-corrected chi connectivity index (χ0v) is 19.6. The fraction of sp³-hybridized carbons (Fsp3) is 0.240. The van der Waals surface area contributed by atoms with Crippen LogP contribution in [0.5, 0.6) is 0 Å². The summed E-state index contributed by atoms with van der Waals surface area (Å²) in [5.74, 6) is -4.14. The number of rotatable bonds is 5. The van der Waals surface area contributed by atoms with Crippen LogP contribution in [0.4, 0.5) is 13.2 Å². The van der Waals surface area contributed by atoms with Crippen molar-refractivity contribution in [2.75, 3.05) is 7.11 Å². The summed E-state index contributed by atoms with van der Waals surface area (Å²) in [5, 5.41) is 0.143. The normalized spacial score (nSPS) is 13.6. The molecule has 0 N–H and O–H groups in total. The van der Waals surface area contributed by atoms with E-state index in [-0.39, 0.29) is 27.2 Å². The van der Waals surface area contributed by atoms with Crippen LogP contribution in [0.15, 0.2) is 64.1 Å². The van der Waals surface area contributed by atoms with Gasteiger partial charge in [0.05, 0.1) is 24.1 Å². The average Bonchev–Trinajstić information content (AvgIpc) is 3.10. The van der Waals surface area contributed by atoms with Gasteiger partial charge >= 0.3 is 17.9 Å². The van der Waals surface area contributed by atoms with Gasteiger partial charge in [-0.3, -0.25) is 9.55 Å². The first kappa shape index (κ1) is 24.5. The molecule has 0 saturated heterocycles. The number of alkyl halides is 3. The molecule has 35 heavy (non-hydrogen) atoms. The highest BCUT2D eigenvalue weighted by atomic mass is 35.5. The highest BCUT2D eigenvalue weighted by Crippen LogP contribution is 2.47. The summed E-state index contributed by atoms with van der Waals surface area (Å²) in [7, 11) is 2.69. The molecule has 1 unspecified atom stereocenters. The zero-order chi connectivity index (χ0) is 25.5. The van der Waals surface area contributed by atoms with Crippen molar-refractivity contribution in [3.05, 3.63) is 87.1 Å². The molecule has 0 amide bonds. The number of aryl methyl sites for hydroxylation is 1. The SMILES string of the molecule is COC(=O)c1cncc(-c2ccc([C@@H](C)C(c3ccc4oc(=O)n(C)c4c3)C(F)(F)F)c(Cl)c2)c1. The number of carbonyl (C=O) groups excluding carboxylic acids is 1. The number of fused-ring (bicyclic) bond motifs is 1. The first-order valence-electron chi connectivity index (χ1n) is 10.5. The fourth-order valence-corrected chi connectivity index (χ4v) is 4.53. The first-order chi connectivity index (χ1) is 16.5. The molecule has 0 aliphatic carbocycles. The van der Waals surface area contributed by atoms with Crippen molar-refractivity contribution in [1.29, 1.82) is 0 Å². The van der Waals surface area contributed by atoms with E-state index in [4.69, 9.17) is 20.8 Å². The van der Waals surface area contributed by atoms with Crippen LogP contribution in [0.3, 0.4) is 0 Å². The minimum Gasteiger partial charge on any atom is -0.465 e. The van der Waals surface area contributed by atoms with Gasteiger partial charge < -0.3 is 9.15 Å². The minimum atomic E-state index is -4.59. The Bertz CT molecular complexity index is 1480. The predicted octanol–water partition coefficient (Wildman–Crippen LogP) is 6.08. The van der Waals surface area contributed by atoms with E-state index in [1.807, 2.05) is 0 Å². The number of nitrogens with zero attached hydrogens (tertiary/aromatic N) is 2. The molecule has 6 nitrogen and oxygen atoms in total. The van der Waals surface area contributed by atoms with E-state index < -0.39 is 29.7 Å². The topological polar surface area (TPSA) is 74.3 Å². The lowest BCUT2D eigenvalue weighted by Gasteiger charge is -2.28. The Morgan fingerprint density at radius 2 is 1.86 bits per heavy atom. The summed E-state index contributed by atoms with van der Waals surface area (Å²) in [4.78, 5) is 27.6. The van der Waals surface area contributed by atoms with E-state index in [0.29, 0.717) is 16.7 Å². The van der Waals surface area contributed by atoms with Gasteiger partial charge in [0, 0.05) is 30.0 Å². The van der Waals surface area contributed by atoms with Crippen LogP contribution >= 0.6 is 11.6 Å². The maximum Gasteiger partial charge on any atom is 0.419 e. The van der Waals surface area contributed by atoms with E-state index in [1.165, 1.54) is 57.7 Å². The maximum absolute atomic E-state index is 14.3. The van der Waals surface area contributed by atoms with E-state index in [9.17, 15) is 22.8 Å². The van der Waals surface area contributed by atoms with Crippen LogP contribution in [-0.2, 0) is 11.8 Å². The molecule has 0 radical (unpaired) electrons. The molecular formula is C25H20ClF3N2O4. The molecule has 4 rings (SSSR count). The molecule has 0 fully saturated rings. The summed E-state index contributed by atoms with van der Waals surface area (Å²) in [6.45, 7) is 1.46. The second-order valence-electron chi connectivity index (χ2n) is 8.15. The van der Waals surface area contributed by atoms with Gasteiger partial charge in [0.15, 0.2) is 5.58 Å². The molecule has 0 aliphatic rings. The second-order valence-corrected chi connectivity index (χ2v) is 8.56. The fourth-order valence-electron chi connectivity index (χ4n) is 4.18. The number of benzene rings is 2. The molecule has 0 saturated carbocycles. The Labute approximate surface area is 202 Å². The van der Waals surface area contributed by atoms with Crippen molar-refractivity contribution in [3.8, 4) is 11.1 Å². The molecule has 2 aromatic heterocycles. The number of pyridine rings is 1. The van der Waals surface area contributed by atoms with Gasteiger partial charge in [-0.05, 0) is 46.9 Å². The van der Waals surface area contributed by atoms with Gasteiger partial charge in [-0.2, -0.15) is 13.2 Å². The van der Waals surface area contributed by atoms with Crippen molar-refractivity contribution < 1.29 is 27.1 Å². The number of hydrogen-bond acceptors (Lipinski definition) is 5. The standard InChI is InChI=1S/C25H20ClF3N2O4/c1-13(22(25(27,28)29)15-5-7-21-20(10-15)31(2)24(33)35-21)18-6-4-14(9-19(18)26)16-8-17(12-30-11-16)23(32)34-3/h4-13,22H,1-3H3/t13-,22?/m1/s1. The van der Waals surface area contributed by atoms with Gasteiger partial charge in [0.2, 0.25) is 0 Å². The van der Waals surface area contributed by atoms with Crippen LogP contribution < -0.4 is 5.76 Å². The van der Waals surface area contributed by atoms with Crippen LogP contribution in [0.25, 0.3) is 22.2 Å². The lowest BCUT2D eigenvalue weighted by Crippen LogP contribution is -2.26. The van der Waals surface area contributed by atoms with Crippen LogP contribution in [-0.4, -0.2) is 28.8 Å². The predicted molar refractivity (Wildman–Crippen MR) is 125 cm³/mol. The lowest BCUT2D eigenvalue weighted by molar-refractivity contribution is -0.154. The second kappa shape index (κ2) is 9.22. The Morgan fingerprint density at radius 3 is 2.51 bits per heavy atom. The average molecular weight is 505 g/mol. The summed E-state index contributed by atoms with van der Waals surface area (Å²) < 4.78 is 53.8. The number of carbonyl (C=O) groups is 1. The third kappa shape index (κ3) is 4.68. The van der Waals surface area contributed by atoms with E-state index in [1.54, 1.807) is 18.2 Å². The van der Waals surface area contributed by atoms with Gasteiger partial charge in [0.1, 0.15) is 0 Å². The van der Waals surface area contributed by atoms with Crippen LogP contribution in [0, 0.1) is 0 Å². The van der Waals surface area contributed by atoms with Crippen molar-refractivity contribution in [2.24, 2.45) is 7.05 Å². The number of methoxy groups -OCH3 is 1. The number of ether oxygens (including phenoxy) is 1. The molecular weight excluding hydrogens is 485 g/mol.